The molecule has 0 aliphatic carbocycles. The number of rotatable bonds is 5. The summed E-state index contributed by atoms with van der Waals surface area (Å²) < 4.78 is 2.22. The molecule has 0 atom stereocenters. The summed E-state index contributed by atoms with van der Waals surface area (Å²) in [6.07, 6.45) is 1.96. The van der Waals surface area contributed by atoms with Crippen LogP contribution >= 0.6 is 0 Å². The van der Waals surface area contributed by atoms with E-state index in [1.54, 1.807) is 0 Å². The third-order valence-electron chi connectivity index (χ3n) is 5.99. The molecule has 0 amide bonds. The second-order valence-electron chi connectivity index (χ2n) is 8.35. The van der Waals surface area contributed by atoms with Crippen LogP contribution in [-0.4, -0.2) is 20.3 Å². The molecule has 5 rings (SSSR count). The Morgan fingerprint density at radius 2 is 1.58 bits per heavy atom. The van der Waals surface area contributed by atoms with Crippen LogP contribution in [0.5, 0.6) is 0 Å². The quantitative estimate of drug-likeness (QED) is 0.249. The lowest BCUT2D eigenvalue weighted by Gasteiger charge is -2.10. The summed E-state index contributed by atoms with van der Waals surface area (Å²) in [6, 6.07) is 27.8. The third kappa shape index (κ3) is 3.92. The smallest absolute Gasteiger partial charge is 0.196 e. The Morgan fingerprint density at radius 1 is 0.879 bits per heavy atom. The van der Waals surface area contributed by atoms with Gasteiger partial charge in [0.05, 0.1) is 16.6 Å². The van der Waals surface area contributed by atoms with Gasteiger partial charge >= 0.3 is 0 Å². The number of ketones is 1. The van der Waals surface area contributed by atoms with Crippen molar-refractivity contribution in [2.45, 2.75) is 20.8 Å². The maximum Gasteiger partial charge on any atom is 0.196 e. The number of Topliss-reactive ketones (excluding diaryl/α,β-unsaturated/α-hetero) is 1. The fourth-order valence-electron chi connectivity index (χ4n) is 4.25. The highest BCUT2D eigenvalue weighted by molar-refractivity contribution is 6.32. The first-order valence-corrected chi connectivity index (χ1v) is 11.0. The number of H-pyrrole nitrogens is 1. The average molecular weight is 432 g/mol. The monoisotopic (exact) mass is 431 g/mol. The van der Waals surface area contributed by atoms with E-state index in [9.17, 15) is 4.79 Å². The highest BCUT2D eigenvalue weighted by Crippen LogP contribution is 2.28. The number of imidazole rings is 1. The van der Waals surface area contributed by atoms with Crippen molar-refractivity contribution in [1.82, 2.24) is 14.5 Å². The molecule has 0 aliphatic heterocycles. The van der Waals surface area contributed by atoms with E-state index in [1.165, 1.54) is 5.56 Å². The van der Waals surface area contributed by atoms with Gasteiger partial charge in [-0.25, -0.2) is 4.98 Å². The molecule has 5 aromatic rings. The summed E-state index contributed by atoms with van der Waals surface area (Å²) in [5.41, 5.74) is 8.43. The molecule has 0 aliphatic rings. The summed E-state index contributed by atoms with van der Waals surface area (Å²) >= 11 is 0. The van der Waals surface area contributed by atoms with Crippen molar-refractivity contribution in [2.24, 2.45) is 0 Å². The highest BCUT2D eigenvalue weighted by atomic mass is 16.1. The molecule has 0 fully saturated rings. The molecule has 0 saturated heterocycles. The molecule has 0 radical (unpaired) electrons. The highest BCUT2D eigenvalue weighted by Gasteiger charge is 2.20. The van der Waals surface area contributed by atoms with Crippen molar-refractivity contribution in [1.29, 1.82) is 0 Å². The lowest BCUT2D eigenvalue weighted by molar-refractivity contribution is 0.105. The van der Waals surface area contributed by atoms with Crippen LogP contribution in [0.2, 0.25) is 0 Å². The predicted molar refractivity (Wildman–Crippen MR) is 135 cm³/mol. The first-order chi connectivity index (χ1) is 16.0. The number of carbonyl (C=O) groups excluding carboxylic acids is 1. The van der Waals surface area contributed by atoms with Gasteiger partial charge in [0.1, 0.15) is 5.82 Å². The van der Waals surface area contributed by atoms with Crippen molar-refractivity contribution in [3.05, 3.63) is 119 Å². The number of hydrogen-bond donors (Lipinski definition) is 1. The van der Waals surface area contributed by atoms with Crippen LogP contribution in [0.15, 0.2) is 84.9 Å². The number of fused-ring (bicyclic) bond motifs is 1. The molecule has 1 N–H and O–H groups in total. The van der Waals surface area contributed by atoms with E-state index in [-0.39, 0.29) is 5.78 Å². The summed E-state index contributed by atoms with van der Waals surface area (Å²) in [5.74, 6) is 0.514. The molecule has 4 heteroatoms. The normalized spacial score (nSPS) is 11.8. The molecule has 0 unspecified atom stereocenters. The van der Waals surface area contributed by atoms with Gasteiger partial charge in [0.25, 0.3) is 0 Å². The number of aryl methyl sites for hydroxylation is 2. The van der Waals surface area contributed by atoms with E-state index in [0.717, 1.165) is 33.7 Å². The summed E-state index contributed by atoms with van der Waals surface area (Å²) in [4.78, 5) is 21.7. The maximum atomic E-state index is 13.6. The average Bonchev–Trinajstić information content (AvgIpc) is 3.38. The molecule has 0 saturated carbocycles. The van der Waals surface area contributed by atoms with Crippen molar-refractivity contribution in [3.63, 3.8) is 0 Å². The number of hydrogen-bond acceptors (Lipinski definition) is 2. The minimum atomic E-state index is -0.0604. The number of allylic oxidation sites excluding steroid dienone is 1. The van der Waals surface area contributed by atoms with Gasteiger partial charge in [-0.2, -0.15) is 0 Å². The van der Waals surface area contributed by atoms with Gasteiger partial charge in [-0.3, -0.25) is 4.79 Å². The van der Waals surface area contributed by atoms with Crippen molar-refractivity contribution in [3.8, 4) is 5.69 Å². The maximum absolute atomic E-state index is 13.6. The van der Waals surface area contributed by atoms with Crippen LogP contribution in [0.4, 0.5) is 0 Å². The molecule has 2 aromatic heterocycles. The fourth-order valence-corrected chi connectivity index (χ4v) is 4.25. The van der Waals surface area contributed by atoms with E-state index in [1.807, 2.05) is 60.7 Å². The van der Waals surface area contributed by atoms with Crippen molar-refractivity contribution in [2.75, 3.05) is 0 Å². The number of aromatic nitrogens is 3. The Kier molecular flexibility index (Phi) is 5.27. The summed E-state index contributed by atoms with van der Waals surface area (Å²) in [7, 11) is 0. The molecule has 33 heavy (non-hydrogen) atoms. The summed E-state index contributed by atoms with van der Waals surface area (Å²) in [5, 5.41) is 0. The third-order valence-corrected chi connectivity index (χ3v) is 5.99. The van der Waals surface area contributed by atoms with Gasteiger partial charge in [0, 0.05) is 22.6 Å². The van der Waals surface area contributed by atoms with E-state index < -0.39 is 0 Å². The van der Waals surface area contributed by atoms with Gasteiger partial charge in [-0.05, 0) is 62.7 Å². The largest absolute Gasteiger partial charge is 0.338 e. The Balaban J connectivity index is 1.67. The second kappa shape index (κ2) is 8.40. The van der Waals surface area contributed by atoms with Crippen LogP contribution in [0, 0.1) is 20.8 Å². The molecular weight excluding hydrogens is 406 g/mol. The Morgan fingerprint density at radius 3 is 2.30 bits per heavy atom. The van der Waals surface area contributed by atoms with Gasteiger partial charge in [0.15, 0.2) is 5.78 Å². The lowest BCUT2D eigenvalue weighted by atomic mass is 10.0. The minimum Gasteiger partial charge on any atom is -0.338 e. The lowest BCUT2D eigenvalue weighted by Crippen LogP contribution is -2.04. The number of benzene rings is 3. The molecule has 2 heterocycles. The van der Waals surface area contributed by atoms with Gasteiger partial charge in [-0.1, -0.05) is 60.2 Å². The zero-order valence-corrected chi connectivity index (χ0v) is 19.0. The van der Waals surface area contributed by atoms with E-state index in [2.05, 4.69) is 60.7 Å². The molecule has 0 spiro atoms. The Bertz CT molecular complexity index is 1450. The molecular formula is C29H25N3O. The zero-order chi connectivity index (χ0) is 22.9. The van der Waals surface area contributed by atoms with Crippen LogP contribution in [0.1, 0.15) is 38.7 Å². The summed E-state index contributed by atoms with van der Waals surface area (Å²) in [6.45, 7) is 6.26. The minimum absolute atomic E-state index is 0.0604. The van der Waals surface area contributed by atoms with E-state index in [4.69, 9.17) is 4.98 Å². The van der Waals surface area contributed by atoms with E-state index >= 15 is 0 Å². The van der Waals surface area contributed by atoms with E-state index in [0.29, 0.717) is 17.0 Å². The zero-order valence-electron chi connectivity index (χ0n) is 19.0. The molecule has 0 bridgehead atoms. The Hall–Kier alpha value is -4.18. The first-order valence-electron chi connectivity index (χ1n) is 11.0. The topological polar surface area (TPSA) is 50.7 Å². The first kappa shape index (κ1) is 20.7. The van der Waals surface area contributed by atoms with Crippen LogP contribution < -0.4 is 0 Å². The van der Waals surface area contributed by atoms with Gasteiger partial charge < -0.3 is 9.55 Å². The molecule has 4 nitrogen and oxygen atoms in total. The number of carbonyl (C=O) groups is 1. The molecule has 162 valence electrons. The number of nitrogens with one attached hydrogen (secondary N) is 1. The van der Waals surface area contributed by atoms with Crippen LogP contribution in [-0.2, 0) is 0 Å². The van der Waals surface area contributed by atoms with Crippen LogP contribution in [0.3, 0.4) is 0 Å². The van der Waals surface area contributed by atoms with Crippen LogP contribution in [0.25, 0.3) is 28.4 Å². The SMILES string of the molecule is Cc1ccc(-n2c(C)cc(C=C(C(=O)c3ccccc3)c3nc4ccccc4[nH]3)c2C)cc1. The number of para-hydroxylation sites is 2. The standard InChI is InChI=1S/C29H25N3O/c1-19-13-15-24(16-14-19)32-20(2)17-23(21(32)3)18-25(28(33)22-9-5-4-6-10-22)29-30-26-11-7-8-12-27(26)31-29/h4-18H,1-3H3,(H,30,31). The second-order valence-corrected chi connectivity index (χ2v) is 8.35. The van der Waals surface area contributed by atoms with Gasteiger partial charge in [-0.15, -0.1) is 0 Å². The van der Waals surface area contributed by atoms with Gasteiger partial charge in [0.2, 0.25) is 0 Å². The van der Waals surface area contributed by atoms with Crippen molar-refractivity contribution < 1.29 is 4.79 Å². The number of aromatic amines is 1. The fraction of sp³-hybridized carbons (Fsp3) is 0.103. The Labute approximate surface area is 193 Å². The molecule has 3 aromatic carbocycles. The van der Waals surface area contributed by atoms with Crippen molar-refractivity contribution >= 4 is 28.5 Å². The number of nitrogens with zero attached hydrogens (tertiary/aromatic N) is 2. The predicted octanol–water partition coefficient (Wildman–Crippen LogP) is 6.70.